The second kappa shape index (κ2) is 6.08. The van der Waals surface area contributed by atoms with Gasteiger partial charge in [0, 0.05) is 0 Å². The van der Waals surface area contributed by atoms with Crippen LogP contribution >= 0.6 is 15.2 Å². The third-order valence-electron chi connectivity index (χ3n) is 0.566. The van der Waals surface area contributed by atoms with Gasteiger partial charge in [0.05, 0.1) is 0 Å². The minimum atomic E-state index is -5.71. The van der Waals surface area contributed by atoms with Crippen LogP contribution < -0.4 is 19.6 Å². The molecule has 0 unspecified atom stereocenters. The second-order valence-corrected chi connectivity index (χ2v) is 4.97. The molecule has 12 heavy (non-hydrogen) atoms. The molecule has 0 atom stereocenters. The van der Waals surface area contributed by atoms with Crippen molar-refractivity contribution in [1.29, 1.82) is 0 Å². The van der Waals surface area contributed by atoms with Crippen molar-refractivity contribution in [3.8, 4) is 0 Å². The molecule has 1 N–H and O–H groups in total. The Labute approximate surface area is 93.4 Å². The molecule has 0 aromatic carbocycles. The summed E-state index contributed by atoms with van der Waals surface area (Å²) >= 11 is 0. The molecule has 0 bridgehead atoms. The van der Waals surface area contributed by atoms with Gasteiger partial charge in [-0.25, -0.2) is 0 Å². The summed E-state index contributed by atoms with van der Waals surface area (Å²) < 4.78 is 19.3. The van der Waals surface area contributed by atoms with Gasteiger partial charge in [-0.2, -0.15) is 0 Å². The minimum Gasteiger partial charge on any atom is -0.809 e. The maximum Gasteiger partial charge on any atom is 2.00 e. The summed E-state index contributed by atoms with van der Waals surface area (Å²) in [5, 5.41) is 7.95. The van der Waals surface area contributed by atoms with Crippen LogP contribution in [0.5, 0.6) is 0 Å². The predicted octanol–water partition coefficient (Wildman–Crippen LogP) is -3.92. The number of rotatable bonds is 2. The Morgan fingerprint density at radius 2 is 1.08 bits per heavy atom. The van der Waals surface area contributed by atoms with E-state index in [1.165, 1.54) is 0 Å². The Kier molecular flexibility index (Phi) is 9.69. The van der Waals surface area contributed by atoms with Crippen LogP contribution in [0.1, 0.15) is 0 Å². The van der Waals surface area contributed by atoms with Gasteiger partial charge in [-0.15, -0.1) is 0 Å². The summed E-state index contributed by atoms with van der Waals surface area (Å²) in [6.07, 6.45) is 0. The summed E-state index contributed by atoms with van der Waals surface area (Å²) in [6, 6.07) is 0. The van der Waals surface area contributed by atoms with E-state index in [-0.39, 0.29) is 39.0 Å². The van der Waals surface area contributed by atoms with Crippen molar-refractivity contribution in [1.82, 2.24) is 0 Å². The molecule has 0 amide bonds. The van der Waals surface area contributed by atoms with E-state index in [2.05, 4.69) is 0 Å². The molecule has 0 rings (SSSR count). The smallest absolute Gasteiger partial charge is 0.809 e. The third-order valence-corrected chi connectivity index (χ3v) is 3.39. The largest absolute Gasteiger partial charge is 2.00 e. The summed E-state index contributed by atoms with van der Waals surface area (Å²) in [7, 11) is -11.4. The zero-order valence-electron chi connectivity index (χ0n) is 5.78. The Hall–Kier alpha value is 1.51. The summed E-state index contributed by atoms with van der Waals surface area (Å²) in [6.45, 7) is 0. The first kappa shape index (κ1) is 19.1. The Balaban J connectivity index is -0.000000405. The van der Waals surface area contributed by atoms with E-state index < -0.39 is 20.8 Å². The van der Waals surface area contributed by atoms with E-state index in [9.17, 15) is 28.7 Å². The van der Waals surface area contributed by atoms with E-state index in [1.807, 2.05) is 0 Å². The van der Waals surface area contributed by atoms with Gasteiger partial charge in [-0.3, -0.25) is 0 Å². The summed E-state index contributed by atoms with van der Waals surface area (Å²) in [4.78, 5) is 38.5. The normalized spacial score (nSPS) is 11.8. The van der Waals surface area contributed by atoms with Gasteiger partial charge in [0.1, 0.15) is 5.59 Å². The first-order valence-electron chi connectivity index (χ1n) is 1.87. The fraction of sp³-hybridized carbons (Fsp3) is 1.00. The zero-order chi connectivity index (χ0) is 8.58. The van der Waals surface area contributed by atoms with E-state index in [1.54, 1.807) is 0 Å². The molecule has 11 heteroatoms. The first-order chi connectivity index (χ1) is 4.15. The molecule has 0 heterocycles. The van der Waals surface area contributed by atoms with Crippen molar-refractivity contribution in [2.24, 2.45) is 0 Å². The van der Waals surface area contributed by atoms with Crippen LogP contribution in [0.3, 0.4) is 0 Å². The van der Waals surface area contributed by atoms with E-state index in [4.69, 9.17) is 5.11 Å². The minimum absolute atomic E-state index is 0. The Bertz CT molecular complexity index is 181. The number of aliphatic hydroxyl groups is 1. The average molecular weight is 319 g/mol. The quantitative estimate of drug-likeness (QED) is 0.404. The molecule has 0 saturated heterocycles. The van der Waals surface area contributed by atoms with Gasteiger partial charge in [0.15, 0.2) is 0 Å². The van der Waals surface area contributed by atoms with Crippen LogP contribution in [0.4, 0.5) is 0 Å². The fourth-order valence-corrected chi connectivity index (χ4v) is 1.56. The molecule has 0 aliphatic rings. The van der Waals surface area contributed by atoms with Crippen LogP contribution in [0.15, 0.2) is 0 Å². The Morgan fingerprint density at radius 3 is 1.08 bits per heavy atom. The molecule has 0 fully saturated rings. The van der Waals surface area contributed by atoms with Crippen LogP contribution in [0.25, 0.3) is 0 Å². The van der Waals surface area contributed by atoms with Crippen molar-refractivity contribution < 1.29 is 72.8 Å². The second-order valence-electron chi connectivity index (χ2n) is 1.43. The van der Waals surface area contributed by atoms with Crippen LogP contribution in [0.2, 0.25) is 0 Å². The van der Waals surface area contributed by atoms with Gasteiger partial charge < -0.3 is 33.8 Å². The molecule has 0 aliphatic carbocycles. The predicted molar refractivity (Wildman–Crippen MR) is 21.2 cm³/mol. The number of hydrogen-bond donors (Lipinski definition) is 1. The topological polar surface area (TPSA) is 147 Å². The maximum absolute atomic E-state index is 9.63. The fourth-order valence-electron chi connectivity index (χ4n) is 0.173. The van der Waals surface area contributed by atoms with Gasteiger partial charge in [-0.1, -0.05) is 0 Å². The van der Waals surface area contributed by atoms with Crippen molar-refractivity contribution in [2.45, 2.75) is 5.59 Å². The molecule has 0 aliphatic heterocycles. The summed E-state index contributed by atoms with van der Waals surface area (Å²) in [5.74, 6) is 0. The molecule has 7 nitrogen and oxygen atoms in total. The standard InChI is InChI=1S/CH6O7P2.2Zn/c2-1(9(3,4)5)10(6,7)8;;/h1-2H,(H2,3,4,5)(H2,6,7,8);;/q;2*+2/p-4. The Morgan fingerprint density at radius 1 is 0.917 bits per heavy atom. The van der Waals surface area contributed by atoms with Crippen molar-refractivity contribution >= 4 is 15.2 Å². The van der Waals surface area contributed by atoms with Crippen LogP contribution in [-0.4, -0.2) is 10.7 Å². The van der Waals surface area contributed by atoms with E-state index >= 15 is 0 Å². The van der Waals surface area contributed by atoms with Gasteiger partial charge in [0.2, 0.25) is 0 Å². The monoisotopic (exact) mass is 316 g/mol. The number of aliphatic hydroxyl groups excluding tert-OH is 1. The molecule has 0 saturated carbocycles. The van der Waals surface area contributed by atoms with Gasteiger partial charge >= 0.3 is 39.0 Å². The molecular formula is CH2O7P2Zn2. The first-order valence-corrected chi connectivity index (χ1v) is 5.09. The van der Waals surface area contributed by atoms with Crippen LogP contribution in [0, 0.1) is 0 Å². The molecule has 0 aromatic rings. The van der Waals surface area contributed by atoms with Gasteiger partial charge in [-0.05, 0) is 15.2 Å². The van der Waals surface area contributed by atoms with Crippen molar-refractivity contribution in [3.63, 3.8) is 0 Å². The molecular weight excluding hydrogens is 317 g/mol. The summed E-state index contributed by atoms with van der Waals surface area (Å²) in [5.41, 5.74) is -3.35. The third kappa shape index (κ3) is 6.96. The molecule has 0 radical (unpaired) electrons. The van der Waals surface area contributed by atoms with Gasteiger partial charge in [0.25, 0.3) is 0 Å². The van der Waals surface area contributed by atoms with E-state index in [0.29, 0.717) is 0 Å². The zero-order valence-corrected chi connectivity index (χ0v) is 13.5. The molecule has 0 spiro atoms. The van der Waals surface area contributed by atoms with Crippen LogP contribution in [-0.2, 0) is 48.1 Å². The molecule has 0 aromatic heterocycles. The number of hydrogen-bond acceptors (Lipinski definition) is 7. The van der Waals surface area contributed by atoms with Crippen molar-refractivity contribution in [2.75, 3.05) is 0 Å². The van der Waals surface area contributed by atoms with Crippen molar-refractivity contribution in [3.05, 3.63) is 0 Å². The van der Waals surface area contributed by atoms with E-state index in [0.717, 1.165) is 0 Å². The molecule has 62 valence electrons. The average Bonchev–Trinajstić information content (AvgIpc) is 1.59. The maximum atomic E-state index is 9.63. The SMILES string of the molecule is O=P([O-])([O-])C(O)P(=O)([O-])[O-].[Zn+2].[Zn+2].